The second kappa shape index (κ2) is 3.53. The van der Waals surface area contributed by atoms with E-state index in [2.05, 4.69) is 15.2 Å². The van der Waals surface area contributed by atoms with Gasteiger partial charge in [0.2, 0.25) is 0 Å². The molecule has 1 heterocycles. The summed E-state index contributed by atoms with van der Waals surface area (Å²) < 4.78 is 0. The topological polar surface area (TPSA) is 68.1 Å². The summed E-state index contributed by atoms with van der Waals surface area (Å²) in [5.74, 6) is 0.492. The standard InChI is InChI=1S/C7H9N5/c1-12(2)5-9-7-6(3-8)4-10-11-7/h4-5H,1-2H3,(H,10,11). The lowest BCUT2D eigenvalue weighted by molar-refractivity contribution is 0.643. The molecule has 0 aliphatic heterocycles. The summed E-state index contributed by atoms with van der Waals surface area (Å²) in [4.78, 5) is 5.78. The van der Waals surface area contributed by atoms with Crippen LogP contribution in [0, 0.1) is 11.3 Å². The first-order valence-corrected chi connectivity index (χ1v) is 3.38. The summed E-state index contributed by atoms with van der Waals surface area (Å²) in [7, 11) is 3.71. The highest BCUT2D eigenvalue weighted by Gasteiger charge is 1.99. The van der Waals surface area contributed by atoms with Crippen LogP contribution in [-0.4, -0.2) is 35.5 Å². The van der Waals surface area contributed by atoms with E-state index >= 15 is 0 Å². The van der Waals surface area contributed by atoms with Crippen molar-refractivity contribution in [2.45, 2.75) is 0 Å². The molecule has 1 N–H and O–H groups in total. The van der Waals surface area contributed by atoms with Crippen LogP contribution in [0.25, 0.3) is 0 Å². The van der Waals surface area contributed by atoms with E-state index in [1.54, 1.807) is 11.2 Å². The van der Waals surface area contributed by atoms with Crippen molar-refractivity contribution in [2.75, 3.05) is 14.1 Å². The highest BCUT2D eigenvalue weighted by atomic mass is 15.2. The number of rotatable bonds is 2. The van der Waals surface area contributed by atoms with E-state index in [0.717, 1.165) is 0 Å². The van der Waals surface area contributed by atoms with Gasteiger partial charge in [-0.1, -0.05) is 0 Å². The molecule has 0 spiro atoms. The Balaban J connectivity index is 2.83. The van der Waals surface area contributed by atoms with E-state index in [0.29, 0.717) is 11.4 Å². The average Bonchev–Trinajstić information content (AvgIpc) is 2.47. The van der Waals surface area contributed by atoms with Gasteiger partial charge in [0.25, 0.3) is 0 Å². The molecule has 0 aliphatic carbocycles. The quantitative estimate of drug-likeness (QED) is 0.510. The van der Waals surface area contributed by atoms with Crippen LogP contribution in [-0.2, 0) is 0 Å². The smallest absolute Gasteiger partial charge is 0.167 e. The van der Waals surface area contributed by atoms with Crippen LogP contribution in [0.3, 0.4) is 0 Å². The number of hydrogen-bond donors (Lipinski definition) is 1. The van der Waals surface area contributed by atoms with Crippen LogP contribution in [0.5, 0.6) is 0 Å². The van der Waals surface area contributed by atoms with E-state index in [1.807, 2.05) is 20.2 Å². The maximum Gasteiger partial charge on any atom is 0.167 e. The van der Waals surface area contributed by atoms with Gasteiger partial charge in [-0.15, -0.1) is 0 Å². The van der Waals surface area contributed by atoms with Crippen LogP contribution in [0.15, 0.2) is 11.2 Å². The van der Waals surface area contributed by atoms with Gasteiger partial charge < -0.3 is 4.90 Å². The minimum Gasteiger partial charge on any atom is -0.369 e. The Morgan fingerprint density at radius 2 is 2.50 bits per heavy atom. The molecule has 0 bridgehead atoms. The molecule has 5 heteroatoms. The minimum atomic E-state index is 0.452. The molecule has 0 unspecified atom stereocenters. The zero-order valence-electron chi connectivity index (χ0n) is 6.94. The molecule has 1 rings (SSSR count). The minimum absolute atomic E-state index is 0.452. The number of nitrogens with zero attached hydrogens (tertiary/aromatic N) is 4. The fourth-order valence-electron chi connectivity index (χ4n) is 0.633. The molecule has 0 aromatic carbocycles. The Morgan fingerprint density at radius 3 is 3.08 bits per heavy atom. The van der Waals surface area contributed by atoms with Crippen molar-refractivity contribution < 1.29 is 0 Å². The molecule has 0 amide bonds. The van der Waals surface area contributed by atoms with Crippen molar-refractivity contribution in [3.8, 4) is 6.07 Å². The van der Waals surface area contributed by atoms with Crippen LogP contribution >= 0.6 is 0 Å². The van der Waals surface area contributed by atoms with Gasteiger partial charge in [0, 0.05) is 14.1 Å². The molecule has 0 fully saturated rings. The first-order chi connectivity index (χ1) is 5.74. The third-order valence-corrected chi connectivity index (χ3v) is 1.16. The Labute approximate surface area is 70.3 Å². The molecule has 0 aliphatic rings. The van der Waals surface area contributed by atoms with Crippen molar-refractivity contribution in [1.82, 2.24) is 15.1 Å². The Bertz CT molecular complexity index is 317. The first kappa shape index (κ1) is 8.27. The highest BCUT2D eigenvalue weighted by molar-refractivity contribution is 5.61. The van der Waals surface area contributed by atoms with Crippen molar-refractivity contribution in [2.24, 2.45) is 4.99 Å². The van der Waals surface area contributed by atoms with Crippen LogP contribution in [0.4, 0.5) is 5.82 Å². The molecular formula is C7H9N5. The summed E-state index contributed by atoms with van der Waals surface area (Å²) >= 11 is 0. The lowest BCUT2D eigenvalue weighted by atomic mass is 10.4. The molecule has 1 aromatic heterocycles. The van der Waals surface area contributed by atoms with Crippen LogP contribution in [0.1, 0.15) is 5.56 Å². The normalized spacial score (nSPS) is 10.1. The molecular weight excluding hydrogens is 154 g/mol. The van der Waals surface area contributed by atoms with Gasteiger partial charge in [0.05, 0.1) is 12.5 Å². The largest absolute Gasteiger partial charge is 0.369 e. The van der Waals surface area contributed by atoms with E-state index in [-0.39, 0.29) is 0 Å². The van der Waals surface area contributed by atoms with Gasteiger partial charge in [-0.3, -0.25) is 5.10 Å². The van der Waals surface area contributed by atoms with Gasteiger partial charge in [-0.2, -0.15) is 10.4 Å². The predicted octanol–water partition coefficient (Wildman–Crippen LogP) is 0.503. The van der Waals surface area contributed by atoms with Gasteiger partial charge in [0.1, 0.15) is 11.6 Å². The SMILES string of the molecule is CN(C)C=Nc1[nH]ncc1C#N. The number of hydrogen-bond acceptors (Lipinski definition) is 3. The molecule has 0 atom stereocenters. The molecule has 0 saturated heterocycles. The van der Waals surface area contributed by atoms with Gasteiger partial charge in [0.15, 0.2) is 5.82 Å². The average molecular weight is 163 g/mol. The molecule has 1 aromatic rings. The Hall–Kier alpha value is -1.83. The predicted molar refractivity (Wildman–Crippen MR) is 45.1 cm³/mol. The maximum atomic E-state index is 8.58. The van der Waals surface area contributed by atoms with Crippen molar-refractivity contribution in [3.63, 3.8) is 0 Å². The van der Waals surface area contributed by atoms with Crippen molar-refractivity contribution in [3.05, 3.63) is 11.8 Å². The fourth-order valence-corrected chi connectivity index (χ4v) is 0.633. The van der Waals surface area contributed by atoms with Gasteiger partial charge >= 0.3 is 0 Å². The second-order valence-corrected chi connectivity index (χ2v) is 2.45. The fraction of sp³-hybridized carbons (Fsp3) is 0.286. The number of H-pyrrole nitrogens is 1. The summed E-state index contributed by atoms with van der Waals surface area (Å²) in [6, 6.07) is 1.97. The van der Waals surface area contributed by atoms with Crippen LogP contribution < -0.4 is 0 Å². The monoisotopic (exact) mass is 163 g/mol. The van der Waals surface area contributed by atoms with E-state index in [1.165, 1.54) is 6.20 Å². The third kappa shape index (κ3) is 1.83. The Kier molecular flexibility index (Phi) is 2.43. The number of aromatic nitrogens is 2. The van der Waals surface area contributed by atoms with Gasteiger partial charge in [-0.25, -0.2) is 4.99 Å². The number of aliphatic imine (C=N–C) groups is 1. The molecule has 0 radical (unpaired) electrons. The van der Waals surface area contributed by atoms with E-state index in [4.69, 9.17) is 5.26 Å². The number of aromatic amines is 1. The number of nitriles is 1. The van der Waals surface area contributed by atoms with Gasteiger partial charge in [-0.05, 0) is 0 Å². The summed E-state index contributed by atoms with van der Waals surface area (Å²) in [6.45, 7) is 0. The molecule has 62 valence electrons. The molecule has 5 nitrogen and oxygen atoms in total. The van der Waals surface area contributed by atoms with Crippen molar-refractivity contribution >= 4 is 12.2 Å². The summed E-state index contributed by atoms with van der Waals surface area (Å²) in [5.41, 5.74) is 0.452. The second-order valence-electron chi connectivity index (χ2n) is 2.45. The first-order valence-electron chi connectivity index (χ1n) is 3.38. The van der Waals surface area contributed by atoms with E-state index < -0.39 is 0 Å². The zero-order chi connectivity index (χ0) is 8.97. The van der Waals surface area contributed by atoms with Crippen LogP contribution in [0.2, 0.25) is 0 Å². The zero-order valence-corrected chi connectivity index (χ0v) is 6.94. The molecule has 12 heavy (non-hydrogen) atoms. The summed E-state index contributed by atoms with van der Waals surface area (Å²) in [6.07, 6.45) is 3.05. The lowest BCUT2D eigenvalue weighted by Gasteiger charge is -2.00. The third-order valence-electron chi connectivity index (χ3n) is 1.16. The summed E-state index contributed by atoms with van der Waals surface area (Å²) in [5, 5.41) is 14.9. The molecule has 0 saturated carbocycles. The van der Waals surface area contributed by atoms with E-state index in [9.17, 15) is 0 Å². The number of nitrogens with one attached hydrogen (secondary N) is 1. The lowest BCUT2D eigenvalue weighted by Crippen LogP contribution is -2.07. The Morgan fingerprint density at radius 1 is 1.75 bits per heavy atom. The highest BCUT2D eigenvalue weighted by Crippen LogP contribution is 2.11. The van der Waals surface area contributed by atoms with Crippen molar-refractivity contribution in [1.29, 1.82) is 5.26 Å². The maximum absolute atomic E-state index is 8.58.